The molecule has 1 aromatic carbocycles. The number of aromatic nitrogens is 6. The van der Waals surface area contributed by atoms with E-state index in [1.54, 1.807) is 10.8 Å². The van der Waals surface area contributed by atoms with Gasteiger partial charge in [0.15, 0.2) is 0 Å². The summed E-state index contributed by atoms with van der Waals surface area (Å²) in [6.07, 6.45) is 7.41. The average molecular weight is 345 g/mol. The number of H-pyrrole nitrogens is 1. The van der Waals surface area contributed by atoms with Gasteiger partial charge in [0.2, 0.25) is 0 Å². The highest BCUT2D eigenvalue weighted by Crippen LogP contribution is 2.30. The maximum Gasteiger partial charge on any atom is 0.254 e. The van der Waals surface area contributed by atoms with Crippen molar-refractivity contribution in [1.82, 2.24) is 29.5 Å². The predicted molar refractivity (Wildman–Crippen MR) is 99.0 cm³/mol. The largest absolute Gasteiger partial charge is 0.356 e. The van der Waals surface area contributed by atoms with Crippen LogP contribution in [0.4, 0.5) is 5.82 Å². The SMILES string of the molecule is c1ccc(-c2cc(N3CCC(c4ncc[nH]4)CC3)nc3ncnn23)cc1. The van der Waals surface area contributed by atoms with E-state index >= 15 is 0 Å². The van der Waals surface area contributed by atoms with E-state index in [9.17, 15) is 0 Å². The van der Waals surface area contributed by atoms with Gasteiger partial charge in [0.05, 0.1) is 5.69 Å². The normalized spacial score (nSPS) is 15.6. The van der Waals surface area contributed by atoms with Gasteiger partial charge in [-0.15, -0.1) is 0 Å². The maximum absolute atomic E-state index is 4.72. The van der Waals surface area contributed by atoms with E-state index in [4.69, 9.17) is 4.98 Å². The molecule has 0 bridgehead atoms. The van der Waals surface area contributed by atoms with Crippen LogP contribution >= 0.6 is 0 Å². The van der Waals surface area contributed by atoms with Crippen molar-refractivity contribution in [2.45, 2.75) is 18.8 Å². The molecule has 1 fully saturated rings. The molecular formula is C19H19N7. The monoisotopic (exact) mass is 345 g/mol. The first-order valence-electron chi connectivity index (χ1n) is 8.89. The van der Waals surface area contributed by atoms with Gasteiger partial charge < -0.3 is 9.88 Å². The molecule has 4 heterocycles. The van der Waals surface area contributed by atoms with Gasteiger partial charge in [-0.3, -0.25) is 0 Å². The average Bonchev–Trinajstić information content (AvgIpc) is 3.40. The summed E-state index contributed by atoms with van der Waals surface area (Å²) in [5.74, 6) is 3.18. The van der Waals surface area contributed by atoms with Gasteiger partial charge in [0.25, 0.3) is 5.78 Å². The summed E-state index contributed by atoms with van der Waals surface area (Å²) in [5.41, 5.74) is 2.12. The molecule has 4 aromatic rings. The summed E-state index contributed by atoms with van der Waals surface area (Å²) in [6.45, 7) is 1.91. The Morgan fingerprint density at radius 2 is 1.88 bits per heavy atom. The highest BCUT2D eigenvalue weighted by atomic mass is 15.3. The number of anilines is 1. The molecule has 0 saturated carbocycles. The van der Waals surface area contributed by atoms with Crippen molar-refractivity contribution in [3.05, 3.63) is 60.9 Å². The first kappa shape index (κ1) is 15.1. The van der Waals surface area contributed by atoms with Gasteiger partial charge in [-0.05, 0) is 12.8 Å². The summed E-state index contributed by atoms with van der Waals surface area (Å²) in [7, 11) is 0. The van der Waals surface area contributed by atoms with Crippen LogP contribution in [-0.4, -0.2) is 42.6 Å². The third kappa shape index (κ3) is 2.61. The summed E-state index contributed by atoms with van der Waals surface area (Å²) in [6, 6.07) is 12.4. The molecule has 1 aliphatic heterocycles. The van der Waals surface area contributed by atoms with E-state index in [2.05, 4.69) is 43.1 Å². The number of fused-ring (bicyclic) bond motifs is 1. The van der Waals surface area contributed by atoms with Crippen molar-refractivity contribution in [3.63, 3.8) is 0 Å². The first-order chi connectivity index (χ1) is 12.9. The Kier molecular flexibility index (Phi) is 3.62. The minimum atomic E-state index is 0.492. The molecule has 1 N–H and O–H groups in total. The number of benzene rings is 1. The Balaban J connectivity index is 1.46. The quantitative estimate of drug-likeness (QED) is 0.618. The number of aromatic amines is 1. The van der Waals surface area contributed by atoms with Crippen LogP contribution in [0.5, 0.6) is 0 Å². The molecule has 7 nitrogen and oxygen atoms in total. The fraction of sp³-hybridized carbons (Fsp3) is 0.263. The number of nitrogens with zero attached hydrogens (tertiary/aromatic N) is 6. The van der Waals surface area contributed by atoms with Crippen LogP contribution in [0.3, 0.4) is 0 Å². The minimum absolute atomic E-state index is 0.492. The third-order valence-electron chi connectivity index (χ3n) is 5.03. The molecule has 5 rings (SSSR count). The zero-order valence-electron chi connectivity index (χ0n) is 14.3. The zero-order chi connectivity index (χ0) is 17.3. The second-order valence-corrected chi connectivity index (χ2v) is 6.57. The van der Waals surface area contributed by atoms with Crippen LogP contribution in [0.25, 0.3) is 17.0 Å². The number of nitrogens with one attached hydrogen (secondary N) is 1. The second-order valence-electron chi connectivity index (χ2n) is 6.57. The van der Waals surface area contributed by atoms with Crippen LogP contribution in [0, 0.1) is 0 Å². The first-order valence-corrected chi connectivity index (χ1v) is 8.89. The molecule has 1 saturated heterocycles. The van der Waals surface area contributed by atoms with Crippen molar-refractivity contribution < 1.29 is 0 Å². The maximum atomic E-state index is 4.72. The van der Waals surface area contributed by atoms with Crippen LogP contribution in [0.15, 0.2) is 55.1 Å². The lowest BCUT2D eigenvalue weighted by Gasteiger charge is -2.32. The molecule has 0 unspecified atom stereocenters. The highest BCUT2D eigenvalue weighted by Gasteiger charge is 2.24. The Bertz CT molecular complexity index is 999. The molecule has 0 amide bonds. The second kappa shape index (κ2) is 6.25. The number of hydrogen-bond acceptors (Lipinski definition) is 5. The van der Waals surface area contributed by atoms with Crippen LogP contribution < -0.4 is 4.90 Å². The lowest BCUT2D eigenvalue weighted by Crippen LogP contribution is -2.34. The molecule has 130 valence electrons. The van der Waals surface area contributed by atoms with Crippen molar-refractivity contribution in [1.29, 1.82) is 0 Å². The molecule has 26 heavy (non-hydrogen) atoms. The summed E-state index contributed by atoms with van der Waals surface area (Å²) < 4.78 is 1.80. The molecule has 0 aliphatic carbocycles. The van der Waals surface area contributed by atoms with Crippen molar-refractivity contribution >= 4 is 11.6 Å². The Morgan fingerprint density at radius 1 is 1.04 bits per heavy atom. The van der Waals surface area contributed by atoms with E-state index in [-0.39, 0.29) is 0 Å². The summed E-state index contributed by atoms with van der Waals surface area (Å²) >= 11 is 0. The molecule has 0 spiro atoms. The van der Waals surface area contributed by atoms with Gasteiger partial charge >= 0.3 is 0 Å². The van der Waals surface area contributed by atoms with Gasteiger partial charge in [0.1, 0.15) is 18.0 Å². The fourth-order valence-corrected chi connectivity index (χ4v) is 3.66. The van der Waals surface area contributed by atoms with E-state index in [0.717, 1.165) is 48.8 Å². The number of hydrogen-bond donors (Lipinski definition) is 1. The van der Waals surface area contributed by atoms with E-state index < -0.39 is 0 Å². The van der Waals surface area contributed by atoms with Gasteiger partial charge in [-0.1, -0.05) is 30.3 Å². The van der Waals surface area contributed by atoms with Crippen LogP contribution in [-0.2, 0) is 0 Å². The molecule has 7 heteroatoms. The number of piperidine rings is 1. The summed E-state index contributed by atoms with van der Waals surface area (Å²) in [4.78, 5) is 19.0. The minimum Gasteiger partial charge on any atom is -0.356 e. The fourth-order valence-electron chi connectivity index (χ4n) is 3.66. The molecule has 0 radical (unpaired) electrons. The van der Waals surface area contributed by atoms with E-state index in [1.165, 1.54) is 0 Å². The topological polar surface area (TPSA) is 75.0 Å². The van der Waals surface area contributed by atoms with Crippen molar-refractivity contribution in [3.8, 4) is 11.3 Å². The standard InChI is InChI=1S/C19H19N7/c1-2-4-14(5-3-1)16-12-17(24-19-22-13-23-26(16)19)25-10-6-15(7-11-25)18-20-8-9-21-18/h1-5,8-9,12-13,15H,6-7,10-11H2,(H,20,21). The Labute approximate surface area is 150 Å². The molecular weight excluding hydrogens is 326 g/mol. The van der Waals surface area contributed by atoms with Crippen LogP contribution in [0.1, 0.15) is 24.6 Å². The molecule has 3 aromatic heterocycles. The smallest absolute Gasteiger partial charge is 0.254 e. The molecule has 0 atom stereocenters. The van der Waals surface area contributed by atoms with Crippen molar-refractivity contribution in [2.75, 3.05) is 18.0 Å². The molecule has 1 aliphatic rings. The number of rotatable bonds is 3. The van der Waals surface area contributed by atoms with Crippen molar-refractivity contribution in [2.24, 2.45) is 0 Å². The third-order valence-corrected chi connectivity index (χ3v) is 5.03. The van der Waals surface area contributed by atoms with E-state index in [0.29, 0.717) is 11.7 Å². The van der Waals surface area contributed by atoms with Crippen LogP contribution in [0.2, 0.25) is 0 Å². The van der Waals surface area contributed by atoms with E-state index in [1.807, 2.05) is 30.6 Å². The summed E-state index contributed by atoms with van der Waals surface area (Å²) in [5, 5.41) is 4.34. The Morgan fingerprint density at radius 3 is 2.65 bits per heavy atom. The Hall–Kier alpha value is -3.22. The van der Waals surface area contributed by atoms with Gasteiger partial charge in [-0.25, -0.2) is 4.98 Å². The van der Waals surface area contributed by atoms with Gasteiger partial charge in [-0.2, -0.15) is 19.6 Å². The lowest BCUT2D eigenvalue weighted by atomic mass is 9.96. The predicted octanol–water partition coefficient (Wildman–Crippen LogP) is 2.90. The number of imidazole rings is 1. The highest BCUT2D eigenvalue weighted by molar-refractivity contribution is 5.66. The van der Waals surface area contributed by atoms with Gasteiger partial charge in [0, 0.05) is 43.0 Å². The lowest BCUT2D eigenvalue weighted by molar-refractivity contribution is 0.486. The zero-order valence-corrected chi connectivity index (χ0v) is 14.3.